The Bertz CT molecular complexity index is 1630. The number of benzene rings is 3. The fourth-order valence-corrected chi connectivity index (χ4v) is 6.82. The van der Waals surface area contributed by atoms with Crippen molar-refractivity contribution in [2.24, 2.45) is 5.73 Å². The number of nitrogens with zero attached hydrogens (tertiary/aromatic N) is 3. The summed E-state index contributed by atoms with van der Waals surface area (Å²) in [5, 5.41) is 8.31. The van der Waals surface area contributed by atoms with Gasteiger partial charge in [0.15, 0.2) is 0 Å². The number of rotatable bonds is 13. The number of ether oxygens (including phenoxy) is 2. The first-order valence-electron chi connectivity index (χ1n) is 16.8. The van der Waals surface area contributed by atoms with Crippen molar-refractivity contribution in [3.8, 4) is 22.6 Å². The van der Waals surface area contributed by atoms with Gasteiger partial charge in [0.2, 0.25) is 5.91 Å². The number of methoxy groups -OCH3 is 1. The highest BCUT2D eigenvalue weighted by Gasteiger charge is 2.34. The highest BCUT2D eigenvalue weighted by Crippen LogP contribution is 2.37. The lowest BCUT2D eigenvalue weighted by atomic mass is 9.88. The Morgan fingerprint density at radius 1 is 0.957 bits per heavy atom. The van der Waals surface area contributed by atoms with Gasteiger partial charge in [0.25, 0.3) is 0 Å². The van der Waals surface area contributed by atoms with Crippen molar-refractivity contribution in [2.75, 3.05) is 66.1 Å². The predicted octanol–water partition coefficient (Wildman–Crippen LogP) is 4.75. The lowest BCUT2D eigenvalue weighted by Crippen LogP contribution is -2.59. The zero-order valence-electron chi connectivity index (χ0n) is 27.3. The van der Waals surface area contributed by atoms with Gasteiger partial charge in [0.05, 0.1) is 12.6 Å². The van der Waals surface area contributed by atoms with Gasteiger partial charge in [0, 0.05) is 85.6 Å². The van der Waals surface area contributed by atoms with E-state index in [0.717, 1.165) is 93.0 Å². The van der Waals surface area contributed by atoms with Crippen LogP contribution in [-0.4, -0.2) is 91.9 Å². The lowest BCUT2D eigenvalue weighted by Gasteiger charge is -2.34. The van der Waals surface area contributed by atoms with Crippen LogP contribution < -0.4 is 25.8 Å². The van der Waals surface area contributed by atoms with Crippen molar-refractivity contribution < 1.29 is 14.3 Å². The maximum atomic E-state index is 12.8. The van der Waals surface area contributed by atoms with Gasteiger partial charge in [-0.15, -0.1) is 0 Å². The van der Waals surface area contributed by atoms with E-state index in [1.807, 2.05) is 36.4 Å². The second-order valence-electron chi connectivity index (χ2n) is 12.7. The highest BCUT2D eigenvalue weighted by atomic mass is 35.5. The van der Waals surface area contributed by atoms with Crippen LogP contribution >= 0.6 is 11.6 Å². The number of hydrogen-bond acceptors (Lipinski definition) is 7. The lowest BCUT2D eigenvalue weighted by molar-refractivity contribution is -0.127. The summed E-state index contributed by atoms with van der Waals surface area (Å²) < 4.78 is 14.0. The average Bonchev–Trinajstić information content (AvgIpc) is 3.46. The molecule has 0 radical (unpaired) electrons. The molecule has 4 N–H and O–H groups in total. The van der Waals surface area contributed by atoms with Gasteiger partial charge < -0.3 is 30.4 Å². The van der Waals surface area contributed by atoms with Crippen molar-refractivity contribution in [3.63, 3.8) is 0 Å². The number of aromatic nitrogens is 1. The molecule has 2 aliphatic rings. The molecule has 0 atom stereocenters. The van der Waals surface area contributed by atoms with Crippen molar-refractivity contribution in [2.45, 2.75) is 37.9 Å². The summed E-state index contributed by atoms with van der Waals surface area (Å²) in [7, 11) is 1.72. The van der Waals surface area contributed by atoms with Crippen LogP contribution in [0.1, 0.15) is 24.8 Å². The number of hydrogen-bond donors (Lipinski definition) is 3. The van der Waals surface area contributed by atoms with Gasteiger partial charge in [-0.2, -0.15) is 0 Å². The molecule has 2 saturated heterocycles. The predicted molar refractivity (Wildman–Crippen MR) is 189 cm³/mol. The van der Waals surface area contributed by atoms with Crippen LogP contribution in [0, 0.1) is 0 Å². The number of nitrogens with two attached hydrogens (primary N) is 1. The number of fused-ring (bicyclic) bond motifs is 1. The van der Waals surface area contributed by atoms with Crippen LogP contribution in [0.5, 0.6) is 11.5 Å². The van der Waals surface area contributed by atoms with E-state index in [0.29, 0.717) is 26.0 Å². The SMILES string of the molecule is COc1ccccc1-c1cn(CCCNC(=O)C2(N)CCNCC2)c2ccc(CN3CCN(CCOc4ccc(Cl)cc4)CC3)cc12. The van der Waals surface area contributed by atoms with Crippen LogP contribution in [0.3, 0.4) is 0 Å². The summed E-state index contributed by atoms with van der Waals surface area (Å²) in [6, 6.07) is 22.6. The molecule has 9 nitrogen and oxygen atoms in total. The summed E-state index contributed by atoms with van der Waals surface area (Å²) in [6.07, 6.45) is 4.38. The van der Waals surface area contributed by atoms with Crippen LogP contribution in [0.4, 0.5) is 0 Å². The number of nitrogens with one attached hydrogen (secondary N) is 2. The summed E-state index contributed by atoms with van der Waals surface area (Å²) in [5.41, 5.74) is 10.4. The molecule has 1 aromatic heterocycles. The molecular formula is C37H47ClN6O3. The van der Waals surface area contributed by atoms with Crippen LogP contribution in [0.25, 0.3) is 22.0 Å². The molecule has 0 bridgehead atoms. The quantitative estimate of drug-likeness (QED) is 0.178. The summed E-state index contributed by atoms with van der Waals surface area (Å²) >= 11 is 5.98. The van der Waals surface area contributed by atoms with E-state index in [2.05, 4.69) is 61.5 Å². The molecule has 3 heterocycles. The average molecular weight is 659 g/mol. The maximum absolute atomic E-state index is 12.8. The molecule has 4 aromatic rings. The number of aryl methyl sites for hydroxylation is 1. The molecule has 1 amide bonds. The van der Waals surface area contributed by atoms with Crippen LogP contribution in [-0.2, 0) is 17.9 Å². The molecule has 0 saturated carbocycles. The number of amides is 1. The van der Waals surface area contributed by atoms with Gasteiger partial charge in [-0.3, -0.25) is 14.6 Å². The Hall–Kier alpha value is -3.60. The molecular weight excluding hydrogens is 612 g/mol. The molecule has 47 heavy (non-hydrogen) atoms. The Morgan fingerprint density at radius 3 is 2.47 bits per heavy atom. The third-order valence-electron chi connectivity index (χ3n) is 9.51. The topological polar surface area (TPSA) is 97.0 Å². The first kappa shape index (κ1) is 33.3. The van der Waals surface area contributed by atoms with E-state index < -0.39 is 5.54 Å². The van der Waals surface area contributed by atoms with Gasteiger partial charge in [0.1, 0.15) is 18.1 Å². The van der Waals surface area contributed by atoms with Crippen molar-refractivity contribution in [1.29, 1.82) is 0 Å². The standard InChI is InChI=1S/C37H47ClN6O3/c1-46-35-6-3-2-5-31(35)33-27-44(18-4-15-41-36(45)37(39)13-16-40-17-14-37)34-12-7-28(25-32(33)34)26-43-21-19-42(20-22-43)23-24-47-30-10-8-29(38)9-11-30/h2-3,5-12,25,27,40H,4,13-24,26,39H2,1H3,(H,41,45). The Labute approximate surface area is 282 Å². The minimum Gasteiger partial charge on any atom is -0.496 e. The Morgan fingerprint density at radius 2 is 1.70 bits per heavy atom. The van der Waals surface area contributed by atoms with Crippen molar-refractivity contribution in [1.82, 2.24) is 25.0 Å². The second-order valence-corrected chi connectivity index (χ2v) is 13.2. The van der Waals surface area contributed by atoms with Crippen molar-refractivity contribution in [3.05, 3.63) is 83.5 Å². The minimum absolute atomic E-state index is 0.0391. The summed E-state index contributed by atoms with van der Waals surface area (Å²) in [4.78, 5) is 17.8. The molecule has 6 rings (SSSR count). The molecule has 3 aromatic carbocycles. The van der Waals surface area contributed by atoms with E-state index in [4.69, 9.17) is 26.8 Å². The minimum atomic E-state index is -0.766. The molecule has 0 unspecified atom stereocenters. The molecule has 250 valence electrons. The second kappa shape index (κ2) is 15.5. The first-order valence-corrected chi connectivity index (χ1v) is 17.2. The molecule has 2 aliphatic heterocycles. The number of piperazine rings is 1. The van der Waals surface area contributed by atoms with Crippen LogP contribution in [0.15, 0.2) is 72.9 Å². The number of piperidine rings is 1. The number of carbonyl (C=O) groups excluding carboxylic acids is 1. The smallest absolute Gasteiger partial charge is 0.240 e. The molecule has 10 heteroatoms. The molecule has 0 spiro atoms. The van der Waals surface area contributed by atoms with Crippen molar-refractivity contribution >= 4 is 28.4 Å². The Balaban J connectivity index is 1.09. The third kappa shape index (κ3) is 8.28. The van der Waals surface area contributed by atoms with Gasteiger partial charge >= 0.3 is 0 Å². The normalized spacial score (nSPS) is 17.1. The highest BCUT2D eigenvalue weighted by molar-refractivity contribution is 6.30. The maximum Gasteiger partial charge on any atom is 0.240 e. The van der Waals surface area contributed by atoms with E-state index in [-0.39, 0.29) is 5.91 Å². The van der Waals surface area contributed by atoms with E-state index in [1.165, 1.54) is 16.5 Å². The zero-order chi connectivity index (χ0) is 32.6. The van der Waals surface area contributed by atoms with Gasteiger partial charge in [-0.25, -0.2) is 0 Å². The number of para-hydroxylation sites is 1. The Kier molecular flexibility index (Phi) is 11.0. The van der Waals surface area contributed by atoms with E-state index in [1.54, 1.807) is 7.11 Å². The van der Waals surface area contributed by atoms with Crippen LogP contribution in [0.2, 0.25) is 5.02 Å². The number of halogens is 1. The van der Waals surface area contributed by atoms with E-state index >= 15 is 0 Å². The summed E-state index contributed by atoms with van der Waals surface area (Å²) in [5.74, 6) is 1.67. The number of carbonyl (C=O) groups is 1. The van der Waals surface area contributed by atoms with E-state index in [9.17, 15) is 4.79 Å². The first-order chi connectivity index (χ1) is 22.9. The zero-order valence-corrected chi connectivity index (χ0v) is 28.1. The largest absolute Gasteiger partial charge is 0.496 e. The fourth-order valence-electron chi connectivity index (χ4n) is 6.69. The molecule has 0 aliphatic carbocycles. The van der Waals surface area contributed by atoms with Gasteiger partial charge in [-0.05, 0) is 80.4 Å². The third-order valence-corrected chi connectivity index (χ3v) is 9.76. The van der Waals surface area contributed by atoms with Gasteiger partial charge in [-0.1, -0.05) is 35.9 Å². The molecule has 2 fully saturated rings. The fraction of sp³-hybridized carbons (Fsp3) is 0.432. The summed E-state index contributed by atoms with van der Waals surface area (Å²) in [6.45, 7) is 9.50. The monoisotopic (exact) mass is 658 g/mol.